The molecular formula is C29H23Br2N5O2. The highest BCUT2D eigenvalue weighted by Gasteiger charge is 2.13. The first-order chi connectivity index (χ1) is 18.5. The number of anilines is 1. The quantitative estimate of drug-likeness (QED) is 0.198. The van der Waals surface area contributed by atoms with Crippen molar-refractivity contribution in [1.82, 2.24) is 19.5 Å². The highest BCUT2D eigenvalue weighted by atomic mass is 79.9. The van der Waals surface area contributed by atoms with Crippen molar-refractivity contribution in [2.24, 2.45) is 0 Å². The topological polar surface area (TPSA) is 81.9 Å². The summed E-state index contributed by atoms with van der Waals surface area (Å²) in [5.41, 5.74) is 4.82. The average Bonchev–Trinajstić information content (AvgIpc) is 3.39. The second-order valence-corrected chi connectivity index (χ2v) is 10.2. The molecule has 3 aromatic heterocycles. The van der Waals surface area contributed by atoms with E-state index in [0.717, 1.165) is 43.0 Å². The summed E-state index contributed by atoms with van der Waals surface area (Å²) in [6.45, 7) is 2.85. The second-order valence-electron chi connectivity index (χ2n) is 8.54. The lowest BCUT2D eigenvalue weighted by Gasteiger charge is -2.13. The molecule has 0 aliphatic rings. The van der Waals surface area contributed by atoms with Gasteiger partial charge in [0.2, 0.25) is 0 Å². The SMILES string of the molecule is Cc1ccc(-c2nccn2Cc2ncccc2Br)cc1NC(=O)c1ccc(OCc2ncccc2Br)cc1. The average molecular weight is 633 g/mol. The number of rotatable bonds is 8. The first-order valence-electron chi connectivity index (χ1n) is 11.8. The van der Waals surface area contributed by atoms with Gasteiger partial charge in [-0.2, -0.15) is 0 Å². The van der Waals surface area contributed by atoms with Gasteiger partial charge in [0, 0.05) is 50.5 Å². The molecule has 0 saturated heterocycles. The number of aryl methyl sites for hydroxylation is 1. The third-order valence-corrected chi connectivity index (χ3v) is 7.39. The van der Waals surface area contributed by atoms with Crippen molar-refractivity contribution < 1.29 is 9.53 Å². The zero-order chi connectivity index (χ0) is 26.5. The maximum Gasteiger partial charge on any atom is 0.255 e. The molecule has 2 aromatic carbocycles. The molecular weight excluding hydrogens is 610 g/mol. The van der Waals surface area contributed by atoms with Gasteiger partial charge in [0.1, 0.15) is 18.2 Å². The van der Waals surface area contributed by atoms with E-state index in [-0.39, 0.29) is 5.91 Å². The molecule has 0 aliphatic carbocycles. The largest absolute Gasteiger partial charge is 0.487 e. The molecule has 38 heavy (non-hydrogen) atoms. The van der Waals surface area contributed by atoms with Gasteiger partial charge in [-0.05, 0) is 98.9 Å². The molecule has 3 heterocycles. The first kappa shape index (κ1) is 25.8. The lowest BCUT2D eigenvalue weighted by atomic mass is 10.1. The Morgan fingerprint density at radius 3 is 2.32 bits per heavy atom. The molecule has 0 bridgehead atoms. The van der Waals surface area contributed by atoms with Crippen LogP contribution in [0.3, 0.4) is 0 Å². The van der Waals surface area contributed by atoms with Crippen LogP contribution in [0.4, 0.5) is 5.69 Å². The van der Waals surface area contributed by atoms with Gasteiger partial charge in [0.15, 0.2) is 0 Å². The molecule has 1 amide bonds. The van der Waals surface area contributed by atoms with E-state index in [1.54, 1.807) is 42.9 Å². The summed E-state index contributed by atoms with van der Waals surface area (Å²) < 4.78 is 9.69. The molecule has 5 rings (SSSR count). The van der Waals surface area contributed by atoms with Crippen LogP contribution in [0, 0.1) is 6.92 Å². The molecule has 0 aliphatic heterocycles. The Bertz CT molecular complexity index is 1580. The number of amides is 1. The summed E-state index contributed by atoms with van der Waals surface area (Å²) in [4.78, 5) is 26.4. The van der Waals surface area contributed by atoms with Crippen molar-refractivity contribution in [3.8, 4) is 17.1 Å². The Morgan fingerprint density at radius 2 is 1.61 bits per heavy atom. The summed E-state index contributed by atoms with van der Waals surface area (Å²) in [6, 6.07) is 20.6. The van der Waals surface area contributed by atoms with Crippen molar-refractivity contribution in [1.29, 1.82) is 0 Å². The van der Waals surface area contributed by atoms with Crippen molar-refractivity contribution in [3.05, 3.63) is 123 Å². The summed E-state index contributed by atoms with van der Waals surface area (Å²) in [5, 5.41) is 3.04. The number of benzene rings is 2. The van der Waals surface area contributed by atoms with Crippen LogP contribution in [-0.2, 0) is 13.2 Å². The fourth-order valence-electron chi connectivity index (χ4n) is 3.86. The zero-order valence-electron chi connectivity index (χ0n) is 20.4. The highest BCUT2D eigenvalue weighted by molar-refractivity contribution is 9.10. The van der Waals surface area contributed by atoms with E-state index in [9.17, 15) is 4.79 Å². The van der Waals surface area contributed by atoms with Gasteiger partial charge in [-0.25, -0.2) is 4.98 Å². The summed E-state index contributed by atoms with van der Waals surface area (Å²) in [7, 11) is 0. The number of halogens is 2. The third kappa shape index (κ3) is 6.00. The van der Waals surface area contributed by atoms with Crippen molar-refractivity contribution in [2.45, 2.75) is 20.1 Å². The molecule has 0 radical (unpaired) electrons. The van der Waals surface area contributed by atoms with Crippen LogP contribution in [0.5, 0.6) is 5.75 Å². The fraction of sp³-hybridized carbons (Fsp3) is 0.103. The lowest BCUT2D eigenvalue weighted by Crippen LogP contribution is -2.13. The lowest BCUT2D eigenvalue weighted by molar-refractivity contribution is 0.102. The van der Waals surface area contributed by atoms with Gasteiger partial charge < -0.3 is 14.6 Å². The third-order valence-electron chi connectivity index (χ3n) is 5.94. The van der Waals surface area contributed by atoms with Crippen molar-refractivity contribution >= 4 is 43.5 Å². The summed E-state index contributed by atoms with van der Waals surface area (Å²) in [6.07, 6.45) is 7.18. The Labute approximate surface area is 237 Å². The minimum Gasteiger partial charge on any atom is -0.487 e. The van der Waals surface area contributed by atoms with E-state index in [1.807, 2.05) is 60.2 Å². The normalized spacial score (nSPS) is 10.8. The van der Waals surface area contributed by atoms with Crippen LogP contribution in [-0.4, -0.2) is 25.4 Å². The van der Waals surface area contributed by atoms with Crippen molar-refractivity contribution in [3.63, 3.8) is 0 Å². The van der Waals surface area contributed by atoms with Crippen LogP contribution in [0.15, 0.2) is 100 Å². The number of nitrogens with zero attached hydrogens (tertiary/aromatic N) is 4. The zero-order valence-corrected chi connectivity index (χ0v) is 23.6. The summed E-state index contributed by atoms with van der Waals surface area (Å²) in [5.74, 6) is 1.24. The monoisotopic (exact) mass is 631 g/mol. The molecule has 190 valence electrons. The number of carbonyl (C=O) groups excluding carboxylic acids is 1. The van der Waals surface area contributed by atoms with Gasteiger partial charge in [-0.3, -0.25) is 14.8 Å². The Kier molecular flexibility index (Phi) is 7.95. The smallest absolute Gasteiger partial charge is 0.255 e. The maximum atomic E-state index is 13.0. The van der Waals surface area contributed by atoms with Gasteiger partial charge in [0.25, 0.3) is 5.91 Å². The van der Waals surface area contributed by atoms with Crippen LogP contribution >= 0.6 is 31.9 Å². The van der Waals surface area contributed by atoms with Crippen molar-refractivity contribution in [2.75, 3.05) is 5.32 Å². The second kappa shape index (κ2) is 11.7. The van der Waals surface area contributed by atoms with Crippen LogP contribution in [0.1, 0.15) is 27.3 Å². The number of aromatic nitrogens is 4. The van der Waals surface area contributed by atoms with E-state index in [0.29, 0.717) is 24.5 Å². The minimum absolute atomic E-state index is 0.204. The molecule has 5 aromatic rings. The number of carbonyl (C=O) groups is 1. The van der Waals surface area contributed by atoms with Crippen LogP contribution in [0.25, 0.3) is 11.4 Å². The Hall–Kier alpha value is -3.82. The molecule has 0 spiro atoms. The van der Waals surface area contributed by atoms with Gasteiger partial charge in [0.05, 0.1) is 17.9 Å². The molecule has 9 heteroatoms. The summed E-state index contributed by atoms with van der Waals surface area (Å²) >= 11 is 7.04. The van der Waals surface area contributed by atoms with E-state index in [2.05, 4.69) is 52.1 Å². The van der Waals surface area contributed by atoms with E-state index in [4.69, 9.17) is 4.74 Å². The van der Waals surface area contributed by atoms with E-state index >= 15 is 0 Å². The number of nitrogens with one attached hydrogen (secondary N) is 1. The van der Waals surface area contributed by atoms with Gasteiger partial charge in [-0.15, -0.1) is 0 Å². The molecule has 7 nitrogen and oxygen atoms in total. The maximum absolute atomic E-state index is 13.0. The number of imidazole rings is 1. The predicted molar refractivity (Wildman–Crippen MR) is 154 cm³/mol. The molecule has 0 saturated carbocycles. The number of hydrogen-bond acceptors (Lipinski definition) is 5. The van der Waals surface area contributed by atoms with E-state index in [1.165, 1.54) is 0 Å². The standard InChI is InChI=1S/C29H23Br2N5O2/c1-19-6-7-21(28-34-14-15-36(28)17-26-23(30)4-2-12-32-26)16-25(19)35-29(37)20-8-10-22(11-9-20)38-18-27-24(31)5-3-13-33-27/h2-16H,17-18H2,1H3,(H,35,37). The first-order valence-corrected chi connectivity index (χ1v) is 13.4. The Balaban J connectivity index is 1.28. The highest BCUT2D eigenvalue weighted by Crippen LogP contribution is 2.26. The molecule has 0 fully saturated rings. The molecule has 0 atom stereocenters. The molecule has 1 N–H and O–H groups in total. The van der Waals surface area contributed by atoms with Crippen LogP contribution < -0.4 is 10.1 Å². The fourth-order valence-corrected chi connectivity index (χ4v) is 4.61. The number of hydrogen-bond donors (Lipinski definition) is 1. The predicted octanol–water partition coefficient (Wildman–Crippen LogP) is 7.05. The van der Waals surface area contributed by atoms with Crippen LogP contribution in [0.2, 0.25) is 0 Å². The minimum atomic E-state index is -0.204. The van der Waals surface area contributed by atoms with Gasteiger partial charge >= 0.3 is 0 Å². The van der Waals surface area contributed by atoms with E-state index < -0.39 is 0 Å². The molecule has 0 unspecified atom stereocenters. The Morgan fingerprint density at radius 1 is 0.895 bits per heavy atom. The number of pyridine rings is 2. The van der Waals surface area contributed by atoms with Gasteiger partial charge in [-0.1, -0.05) is 12.1 Å². The number of ether oxygens (including phenoxy) is 1.